The largest absolute Gasteiger partial charge is 0.573 e. The van der Waals surface area contributed by atoms with Gasteiger partial charge in [-0.25, -0.2) is 0 Å². The number of nitrogens with one attached hydrogen (secondary N) is 2. The maximum absolute atomic E-state index is 12.5. The molecule has 9 heteroatoms. The number of hydrogen-bond donors (Lipinski definition) is 2. The normalized spacial score (nSPS) is 11.2. The summed E-state index contributed by atoms with van der Waals surface area (Å²) in [5.74, 6) is -0.358. The Morgan fingerprint density at radius 1 is 1.07 bits per heavy atom. The van der Waals surface area contributed by atoms with Crippen molar-refractivity contribution in [3.05, 3.63) is 59.7 Å². The lowest BCUT2D eigenvalue weighted by Crippen LogP contribution is -2.18. The van der Waals surface area contributed by atoms with E-state index in [-0.39, 0.29) is 5.56 Å². The number of ether oxygens (including phenoxy) is 1. The van der Waals surface area contributed by atoms with E-state index in [4.69, 9.17) is 0 Å². The van der Waals surface area contributed by atoms with E-state index >= 15 is 0 Å². The highest BCUT2D eigenvalue weighted by atomic mass is 19.4. The quantitative estimate of drug-likeness (QED) is 0.653. The highest BCUT2D eigenvalue weighted by Crippen LogP contribution is 2.29. The third-order valence-corrected chi connectivity index (χ3v) is 4.31. The van der Waals surface area contributed by atoms with Crippen LogP contribution in [0, 0.1) is 6.92 Å². The van der Waals surface area contributed by atoms with Gasteiger partial charge in [-0.3, -0.25) is 9.48 Å². The molecule has 3 aromatic rings. The van der Waals surface area contributed by atoms with Crippen molar-refractivity contribution >= 4 is 17.4 Å². The van der Waals surface area contributed by atoms with E-state index in [1.807, 2.05) is 38.2 Å². The number of hydrogen-bond acceptors (Lipinski definition) is 4. The lowest BCUT2D eigenvalue weighted by Gasteiger charge is -2.10. The fourth-order valence-corrected chi connectivity index (χ4v) is 2.86. The molecule has 0 unspecified atom stereocenters. The number of rotatable bonds is 5. The molecule has 0 bridgehead atoms. The Hall–Kier alpha value is -3.49. The number of nitrogens with zero attached hydrogens (tertiary/aromatic N) is 2. The average Bonchev–Trinajstić information content (AvgIpc) is 2.95. The average molecular weight is 404 g/mol. The summed E-state index contributed by atoms with van der Waals surface area (Å²) in [6, 6.07) is 12.4. The Morgan fingerprint density at radius 3 is 2.24 bits per heavy atom. The van der Waals surface area contributed by atoms with Gasteiger partial charge < -0.3 is 15.4 Å². The molecule has 2 N–H and O–H groups in total. The second kappa shape index (κ2) is 7.86. The number of alkyl halides is 3. The molecule has 152 valence electrons. The molecule has 0 saturated heterocycles. The monoisotopic (exact) mass is 404 g/mol. The van der Waals surface area contributed by atoms with Crippen LogP contribution < -0.4 is 15.4 Å². The highest BCUT2D eigenvalue weighted by molar-refractivity contribution is 6.04. The van der Waals surface area contributed by atoms with Crippen molar-refractivity contribution in [3.63, 3.8) is 0 Å². The maximum atomic E-state index is 12.5. The Labute approximate surface area is 165 Å². The molecular weight excluding hydrogens is 385 g/mol. The Bertz CT molecular complexity index is 1010. The zero-order valence-corrected chi connectivity index (χ0v) is 16.0. The minimum atomic E-state index is -4.78. The third kappa shape index (κ3) is 4.68. The van der Waals surface area contributed by atoms with Crippen LogP contribution >= 0.6 is 0 Å². The first-order chi connectivity index (χ1) is 13.7. The number of anilines is 2. The van der Waals surface area contributed by atoms with Crippen LogP contribution in [0.25, 0.3) is 11.3 Å². The molecule has 6 nitrogen and oxygen atoms in total. The summed E-state index contributed by atoms with van der Waals surface area (Å²) in [4.78, 5) is 12.5. The van der Waals surface area contributed by atoms with Gasteiger partial charge in [0, 0.05) is 36.5 Å². The molecule has 2 aromatic carbocycles. The number of carbonyl (C=O) groups is 1. The van der Waals surface area contributed by atoms with Gasteiger partial charge in [-0.2, -0.15) is 5.10 Å². The zero-order chi connectivity index (χ0) is 21.2. The van der Waals surface area contributed by atoms with Gasteiger partial charge in [-0.15, -0.1) is 13.2 Å². The molecule has 0 fully saturated rings. The smallest absolute Gasteiger partial charge is 0.406 e. The number of amides is 1. The molecule has 0 radical (unpaired) electrons. The molecule has 0 aliphatic rings. The lowest BCUT2D eigenvalue weighted by molar-refractivity contribution is -0.274. The summed E-state index contributed by atoms with van der Waals surface area (Å²) in [5, 5.41) is 10.3. The van der Waals surface area contributed by atoms with E-state index in [2.05, 4.69) is 20.5 Å². The summed E-state index contributed by atoms with van der Waals surface area (Å²) < 4.78 is 42.1. The van der Waals surface area contributed by atoms with Gasteiger partial charge >= 0.3 is 6.36 Å². The van der Waals surface area contributed by atoms with Crippen LogP contribution in [-0.4, -0.2) is 29.1 Å². The molecular formula is C20H19F3N4O2. The number of halogens is 3. The molecule has 0 atom stereocenters. The van der Waals surface area contributed by atoms with Crippen LogP contribution in [-0.2, 0) is 7.05 Å². The molecule has 0 aliphatic heterocycles. The first-order valence-corrected chi connectivity index (χ1v) is 8.67. The van der Waals surface area contributed by atoms with Crippen molar-refractivity contribution in [2.75, 3.05) is 17.7 Å². The lowest BCUT2D eigenvalue weighted by atomic mass is 10.1. The van der Waals surface area contributed by atoms with E-state index in [0.717, 1.165) is 34.6 Å². The van der Waals surface area contributed by atoms with E-state index in [1.54, 1.807) is 11.7 Å². The van der Waals surface area contributed by atoms with Crippen molar-refractivity contribution in [1.82, 2.24) is 9.78 Å². The van der Waals surface area contributed by atoms with E-state index in [1.165, 1.54) is 12.1 Å². The zero-order valence-electron chi connectivity index (χ0n) is 16.0. The summed E-state index contributed by atoms with van der Waals surface area (Å²) in [5.41, 5.74) is 3.55. The van der Waals surface area contributed by atoms with Crippen LogP contribution in [0.5, 0.6) is 5.75 Å². The molecule has 3 rings (SSSR count). The van der Waals surface area contributed by atoms with Gasteiger partial charge in [-0.1, -0.05) is 12.1 Å². The predicted molar refractivity (Wildman–Crippen MR) is 104 cm³/mol. The first kappa shape index (κ1) is 20.2. The minimum Gasteiger partial charge on any atom is -0.406 e. The van der Waals surface area contributed by atoms with Crippen LogP contribution in [0.15, 0.2) is 48.5 Å². The van der Waals surface area contributed by atoms with Crippen molar-refractivity contribution < 1.29 is 22.7 Å². The van der Waals surface area contributed by atoms with Gasteiger partial charge in [0.05, 0.1) is 5.69 Å². The maximum Gasteiger partial charge on any atom is 0.573 e. The van der Waals surface area contributed by atoms with E-state index < -0.39 is 18.0 Å². The van der Waals surface area contributed by atoms with Crippen LogP contribution in [0.1, 0.15) is 15.9 Å². The summed E-state index contributed by atoms with van der Waals surface area (Å²) in [6.07, 6.45) is -4.78. The van der Waals surface area contributed by atoms with Gasteiger partial charge in [0.25, 0.3) is 5.91 Å². The second-order valence-electron chi connectivity index (χ2n) is 6.30. The Morgan fingerprint density at radius 2 is 1.69 bits per heavy atom. The van der Waals surface area contributed by atoms with Crippen molar-refractivity contribution in [2.45, 2.75) is 13.3 Å². The number of aryl methyl sites for hydroxylation is 1. The topological polar surface area (TPSA) is 68.2 Å². The van der Waals surface area contributed by atoms with Crippen molar-refractivity contribution in [1.29, 1.82) is 0 Å². The van der Waals surface area contributed by atoms with Crippen molar-refractivity contribution in [2.24, 2.45) is 7.05 Å². The molecule has 0 aliphatic carbocycles. The Kier molecular flexibility index (Phi) is 5.49. The molecule has 0 saturated carbocycles. The van der Waals surface area contributed by atoms with E-state index in [9.17, 15) is 18.0 Å². The molecule has 1 heterocycles. The number of aromatic nitrogens is 2. The highest BCUT2D eigenvalue weighted by Gasteiger charge is 2.31. The summed E-state index contributed by atoms with van der Waals surface area (Å²) in [6.45, 7) is 1.84. The third-order valence-electron chi connectivity index (χ3n) is 4.31. The van der Waals surface area contributed by atoms with Crippen LogP contribution in [0.3, 0.4) is 0 Å². The van der Waals surface area contributed by atoms with Gasteiger partial charge in [-0.05, 0) is 43.3 Å². The fraction of sp³-hybridized carbons (Fsp3) is 0.200. The van der Waals surface area contributed by atoms with Gasteiger partial charge in [0.15, 0.2) is 0 Å². The Balaban J connectivity index is 1.79. The second-order valence-corrected chi connectivity index (χ2v) is 6.30. The molecule has 1 aromatic heterocycles. The van der Waals surface area contributed by atoms with E-state index in [0.29, 0.717) is 5.82 Å². The number of benzene rings is 2. The predicted octanol–water partition coefficient (Wildman–Crippen LogP) is 4.59. The standard InChI is InChI=1S/C20H19F3N4O2/c1-12-17(13-4-8-15(24-2)9-5-13)26-27(3)18(12)25-19(28)14-6-10-16(11-7-14)29-20(21,22)23/h4-11,24H,1-3H3,(H,25,28). The molecule has 0 spiro atoms. The first-order valence-electron chi connectivity index (χ1n) is 8.67. The summed E-state index contributed by atoms with van der Waals surface area (Å²) in [7, 11) is 3.53. The summed E-state index contributed by atoms with van der Waals surface area (Å²) >= 11 is 0. The fourth-order valence-electron chi connectivity index (χ4n) is 2.86. The van der Waals surface area contributed by atoms with Crippen LogP contribution in [0.4, 0.5) is 24.7 Å². The van der Waals surface area contributed by atoms with Gasteiger partial charge in [0.1, 0.15) is 11.6 Å². The van der Waals surface area contributed by atoms with Gasteiger partial charge in [0.2, 0.25) is 0 Å². The van der Waals surface area contributed by atoms with Crippen molar-refractivity contribution in [3.8, 4) is 17.0 Å². The SMILES string of the molecule is CNc1ccc(-c2nn(C)c(NC(=O)c3ccc(OC(F)(F)F)cc3)c2C)cc1. The van der Waals surface area contributed by atoms with Crippen LogP contribution in [0.2, 0.25) is 0 Å². The number of carbonyl (C=O) groups excluding carboxylic acids is 1. The minimum absolute atomic E-state index is 0.194. The molecule has 1 amide bonds. The molecule has 29 heavy (non-hydrogen) atoms.